The zero-order valence-electron chi connectivity index (χ0n) is 19.6. The Kier molecular flexibility index (Phi) is 6.90. The van der Waals surface area contributed by atoms with Gasteiger partial charge in [0.05, 0.1) is 22.8 Å². The number of urea groups is 1. The zero-order valence-corrected chi connectivity index (χ0v) is 19.6. The summed E-state index contributed by atoms with van der Waals surface area (Å²) in [5.41, 5.74) is 3.37. The number of rotatable bonds is 6. The van der Waals surface area contributed by atoms with Gasteiger partial charge in [-0.15, -0.1) is 0 Å². The van der Waals surface area contributed by atoms with Crippen LogP contribution in [-0.4, -0.2) is 45.3 Å². The van der Waals surface area contributed by atoms with E-state index in [1.807, 2.05) is 45.0 Å². The van der Waals surface area contributed by atoms with Gasteiger partial charge in [0.25, 0.3) is 5.91 Å². The molecule has 178 valence electrons. The number of carbonyl (C=O) groups excluding carboxylic acids is 3. The lowest BCUT2D eigenvalue weighted by molar-refractivity contribution is -0.123. The highest BCUT2D eigenvalue weighted by atomic mass is 16.5. The number of imide groups is 1. The van der Waals surface area contributed by atoms with Gasteiger partial charge >= 0.3 is 12.0 Å². The molecule has 4 rings (SSSR count). The van der Waals surface area contributed by atoms with Crippen LogP contribution in [0.1, 0.15) is 61.5 Å². The van der Waals surface area contributed by atoms with Gasteiger partial charge in [-0.3, -0.25) is 10.1 Å². The molecule has 3 aromatic rings. The standard InChI is InChI=1S/C25H29N5O4/c1-15(2)30-23-20(13-26-30)19(12-21(28-23)17-10-8-16(3)9-11-17)24(32)34-14-22(31)29-25(33)27-18-6-4-5-7-18/h8-13,15,18H,4-7,14H2,1-3H3,(H2,27,29,31,33). The molecule has 1 aliphatic carbocycles. The van der Waals surface area contributed by atoms with Crippen molar-refractivity contribution >= 4 is 28.9 Å². The van der Waals surface area contributed by atoms with Crippen LogP contribution in [0.3, 0.4) is 0 Å². The number of aromatic nitrogens is 3. The van der Waals surface area contributed by atoms with E-state index in [9.17, 15) is 14.4 Å². The molecule has 1 aliphatic rings. The number of esters is 1. The molecule has 9 nitrogen and oxygen atoms in total. The summed E-state index contributed by atoms with van der Waals surface area (Å²) in [5, 5.41) is 9.90. The molecule has 0 radical (unpaired) electrons. The summed E-state index contributed by atoms with van der Waals surface area (Å²) in [6.45, 7) is 5.38. The summed E-state index contributed by atoms with van der Waals surface area (Å²) in [7, 11) is 0. The molecule has 1 fully saturated rings. The van der Waals surface area contributed by atoms with Gasteiger partial charge in [-0.05, 0) is 39.7 Å². The number of fused-ring (bicyclic) bond motifs is 1. The van der Waals surface area contributed by atoms with Gasteiger partial charge in [0.15, 0.2) is 12.3 Å². The van der Waals surface area contributed by atoms with Gasteiger partial charge in [0.1, 0.15) is 0 Å². The van der Waals surface area contributed by atoms with E-state index in [-0.39, 0.29) is 17.6 Å². The molecule has 0 saturated heterocycles. The highest BCUT2D eigenvalue weighted by Gasteiger charge is 2.22. The van der Waals surface area contributed by atoms with Crippen molar-refractivity contribution in [2.24, 2.45) is 0 Å². The number of aryl methyl sites for hydroxylation is 1. The van der Waals surface area contributed by atoms with E-state index < -0.39 is 24.5 Å². The molecule has 0 spiro atoms. The lowest BCUT2D eigenvalue weighted by Crippen LogP contribution is -2.45. The first kappa shape index (κ1) is 23.4. The monoisotopic (exact) mass is 463 g/mol. The molecule has 0 bridgehead atoms. The van der Waals surface area contributed by atoms with Crippen LogP contribution in [0.2, 0.25) is 0 Å². The maximum absolute atomic E-state index is 13.0. The van der Waals surface area contributed by atoms with E-state index in [2.05, 4.69) is 15.7 Å². The Labute approximate surface area is 197 Å². The van der Waals surface area contributed by atoms with Crippen LogP contribution in [0.15, 0.2) is 36.5 Å². The quantitative estimate of drug-likeness (QED) is 0.536. The Hall–Kier alpha value is -3.75. The number of nitrogens with zero attached hydrogens (tertiary/aromatic N) is 3. The summed E-state index contributed by atoms with van der Waals surface area (Å²) in [4.78, 5) is 41.9. The summed E-state index contributed by atoms with van der Waals surface area (Å²) < 4.78 is 6.99. The first-order valence-electron chi connectivity index (χ1n) is 11.5. The van der Waals surface area contributed by atoms with Crippen molar-refractivity contribution in [2.45, 2.75) is 58.5 Å². The van der Waals surface area contributed by atoms with E-state index in [1.54, 1.807) is 16.9 Å². The molecule has 0 unspecified atom stereocenters. The first-order chi connectivity index (χ1) is 16.3. The van der Waals surface area contributed by atoms with Gasteiger partial charge in [-0.2, -0.15) is 5.10 Å². The van der Waals surface area contributed by atoms with Crippen molar-refractivity contribution in [1.29, 1.82) is 0 Å². The molecule has 3 amide bonds. The van der Waals surface area contributed by atoms with Crippen LogP contribution >= 0.6 is 0 Å². The Morgan fingerprint density at radius 2 is 1.85 bits per heavy atom. The molecule has 2 heterocycles. The van der Waals surface area contributed by atoms with Crippen LogP contribution in [0.5, 0.6) is 0 Å². The lowest BCUT2D eigenvalue weighted by Gasteiger charge is -2.13. The summed E-state index contributed by atoms with van der Waals surface area (Å²) in [5.74, 6) is -1.37. The largest absolute Gasteiger partial charge is 0.452 e. The van der Waals surface area contributed by atoms with Crippen molar-refractivity contribution in [2.75, 3.05) is 6.61 Å². The minimum atomic E-state index is -0.689. The molecular formula is C25H29N5O4. The van der Waals surface area contributed by atoms with Gasteiger partial charge in [-0.25, -0.2) is 19.3 Å². The Bertz CT molecular complexity index is 1210. The van der Waals surface area contributed by atoms with Crippen LogP contribution in [0.25, 0.3) is 22.3 Å². The fraction of sp³-hybridized carbons (Fsp3) is 0.400. The van der Waals surface area contributed by atoms with Crippen LogP contribution in [0.4, 0.5) is 4.79 Å². The van der Waals surface area contributed by atoms with Crippen molar-refractivity contribution in [3.8, 4) is 11.3 Å². The first-order valence-corrected chi connectivity index (χ1v) is 11.5. The Morgan fingerprint density at radius 3 is 2.53 bits per heavy atom. The van der Waals surface area contributed by atoms with E-state index in [0.717, 1.165) is 36.8 Å². The topological polar surface area (TPSA) is 115 Å². The van der Waals surface area contributed by atoms with Crippen LogP contribution in [-0.2, 0) is 9.53 Å². The van der Waals surface area contributed by atoms with Crippen LogP contribution < -0.4 is 10.6 Å². The summed E-state index contributed by atoms with van der Waals surface area (Å²) >= 11 is 0. The summed E-state index contributed by atoms with van der Waals surface area (Å²) in [6.07, 6.45) is 5.51. The van der Waals surface area contributed by atoms with Gasteiger partial charge < -0.3 is 10.1 Å². The predicted octanol–water partition coefficient (Wildman–Crippen LogP) is 3.91. The fourth-order valence-electron chi connectivity index (χ4n) is 4.10. The number of pyridine rings is 1. The van der Waals surface area contributed by atoms with Gasteiger partial charge in [-0.1, -0.05) is 42.7 Å². The molecule has 0 aliphatic heterocycles. The number of nitrogens with one attached hydrogen (secondary N) is 2. The SMILES string of the molecule is Cc1ccc(-c2cc(C(=O)OCC(=O)NC(=O)NC3CCCC3)c3cnn(C(C)C)c3n2)cc1. The van der Waals surface area contributed by atoms with Gasteiger partial charge in [0.2, 0.25) is 0 Å². The second-order valence-corrected chi connectivity index (χ2v) is 8.92. The number of benzene rings is 1. The number of hydrogen-bond donors (Lipinski definition) is 2. The third-order valence-corrected chi connectivity index (χ3v) is 5.90. The van der Waals surface area contributed by atoms with Crippen molar-refractivity contribution in [1.82, 2.24) is 25.4 Å². The van der Waals surface area contributed by atoms with Crippen molar-refractivity contribution < 1.29 is 19.1 Å². The molecule has 34 heavy (non-hydrogen) atoms. The minimum Gasteiger partial charge on any atom is -0.452 e. The third kappa shape index (κ3) is 5.24. The molecule has 0 atom stereocenters. The van der Waals surface area contributed by atoms with E-state index >= 15 is 0 Å². The van der Waals surface area contributed by atoms with E-state index in [0.29, 0.717) is 16.7 Å². The highest BCUT2D eigenvalue weighted by molar-refractivity contribution is 6.04. The third-order valence-electron chi connectivity index (χ3n) is 5.90. The fourth-order valence-corrected chi connectivity index (χ4v) is 4.10. The van der Waals surface area contributed by atoms with E-state index in [4.69, 9.17) is 9.72 Å². The molecule has 1 saturated carbocycles. The zero-order chi connectivity index (χ0) is 24.2. The number of carbonyl (C=O) groups is 3. The van der Waals surface area contributed by atoms with Crippen molar-refractivity contribution in [3.63, 3.8) is 0 Å². The normalized spacial score (nSPS) is 13.9. The van der Waals surface area contributed by atoms with E-state index in [1.165, 1.54) is 0 Å². The highest BCUT2D eigenvalue weighted by Crippen LogP contribution is 2.27. The number of amides is 3. The maximum Gasteiger partial charge on any atom is 0.339 e. The lowest BCUT2D eigenvalue weighted by atomic mass is 10.1. The molecule has 2 N–H and O–H groups in total. The minimum absolute atomic E-state index is 0.0336. The smallest absolute Gasteiger partial charge is 0.339 e. The Morgan fingerprint density at radius 1 is 1.15 bits per heavy atom. The Balaban J connectivity index is 1.52. The molecular weight excluding hydrogens is 434 g/mol. The number of hydrogen-bond acceptors (Lipinski definition) is 6. The average Bonchev–Trinajstić information content (AvgIpc) is 3.47. The predicted molar refractivity (Wildman–Crippen MR) is 127 cm³/mol. The second kappa shape index (κ2) is 10.0. The van der Waals surface area contributed by atoms with Gasteiger partial charge in [0, 0.05) is 17.6 Å². The van der Waals surface area contributed by atoms with Crippen molar-refractivity contribution in [3.05, 3.63) is 47.7 Å². The number of ether oxygens (including phenoxy) is 1. The maximum atomic E-state index is 13.0. The second-order valence-electron chi connectivity index (χ2n) is 8.92. The molecule has 9 heteroatoms. The molecule has 1 aromatic carbocycles. The molecule has 2 aromatic heterocycles. The summed E-state index contributed by atoms with van der Waals surface area (Å²) in [6, 6.07) is 9.01. The average molecular weight is 464 g/mol. The van der Waals surface area contributed by atoms with Crippen LogP contribution in [0, 0.1) is 6.92 Å².